The second-order valence-corrected chi connectivity index (χ2v) is 4.27. The highest BCUT2D eigenvalue weighted by Gasteiger charge is 2.05. The van der Waals surface area contributed by atoms with Crippen LogP contribution in [0.2, 0.25) is 5.15 Å². The fourth-order valence-electron chi connectivity index (χ4n) is 1.58. The predicted molar refractivity (Wildman–Crippen MR) is 69.0 cm³/mol. The third kappa shape index (κ3) is 3.35. The molecule has 2 aromatic rings. The summed E-state index contributed by atoms with van der Waals surface area (Å²) in [7, 11) is 0. The second kappa shape index (κ2) is 5.05. The maximum Gasteiger partial charge on any atom is 0.133 e. The molecule has 17 heavy (non-hydrogen) atoms. The van der Waals surface area contributed by atoms with Crippen LogP contribution in [0.3, 0.4) is 0 Å². The zero-order chi connectivity index (χ0) is 12.3. The van der Waals surface area contributed by atoms with Gasteiger partial charge in [-0.3, -0.25) is 4.68 Å². The number of hydrogen-bond donors (Lipinski definition) is 2. The smallest absolute Gasteiger partial charge is 0.133 e. The Balaban J connectivity index is 2.00. The lowest BCUT2D eigenvalue weighted by molar-refractivity contribution is 0.560. The Kier molecular flexibility index (Phi) is 3.49. The van der Waals surface area contributed by atoms with E-state index >= 15 is 0 Å². The summed E-state index contributed by atoms with van der Waals surface area (Å²) in [5.41, 5.74) is 6.29. The highest BCUT2D eigenvalue weighted by Crippen LogP contribution is 2.16. The van der Waals surface area contributed by atoms with Crippen LogP contribution < -0.4 is 11.1 Å². The monoisotopic (exact) mass is 251 g/mol. The van der Waals surface area contributed by atoms with Gasteiger partial charge in [-0.05, 0) is 19.1 Å². The summed E-state index contributed by atoms with van der Waals surface area (Å²) in [4.78, 5) is 4.15. The topological polar surface area (TPSA) is 68.8 Å². The van der Waals surface area contributed by atoms with Gasteiger partial charge < -0.3 is 11.1 Å². The van der Waals surface area contributed by atoms with Crippen LogP contribution >= 0.6 is 11.6 Å². The largest absolute Gasteiger partial charge is 0.399 e. The predicted octanol–water partition coefficient (Wildman–Crippen LogP) is 2.01. The molecule has 3 N–H and O–H groups in total. The Labute approximate surface area is 105 Å². The average Bonchev–Trinajstić information content (AvgIpc) is 2.67. The zero-order valence-electron chi connectivity index (χ0n) is 9.47. The van der Waals surface area contributed by atoms with Crippen molar-refractivity contribution in [1.29, 1.82) is 0 Å². The number of pyridine rings is 1. The summed E-state index contributed by atoms with van der Waals surface area (Å²) in [6.45, 7) is 2.79. The van der Waals surface area contributed by atoms with Crippen molar-refractivity contribution in [1.82, 2.24) is 14.8 Å². The van der Waals surface area contributed by atoms with Gasteiger partial charge in [0, 0.05) is 30.2 Å². The van der Waals surface area contributed by atoms with Crippen LogP contribution in [0.5, 0.6) is 0 Å². The Hall–Kier alpha value is -1.75. The van der Waals surface area contributed by atoms with E-state index in [-0.39, 0.29) is 6.04 Å². The van der Waals surface area contributed by atoms with Crippen LogP contribution in [-0.4, -0.2) is 20.8 Å². The number of nitrogens with one attached hydrogen (secondary N) is 1. The fraction of sp³-hybridized carbons (Fsp3) is 0.273. The summed E-state index contributed by atoms with van der Waals surface area (Å²) in [6, 6.07) is 5.44. The van der Waals surface area contributed by atoms with Gasteiger partial charge in [0.1, 0.15) is 11.0 Å². The number of anilines is 2. The van der Waals surface area contributed by atoms with Crippen molar-refractivity contribution in [2.75, 3.05) is 11.1 Å². The van der Waals surface area contributed by atoms with E-state index in [2.05, 4.69) is 15.4 Å². The molecule has 0 amide bonds. The van der Waals surface area contributed by atoms with Crippen molar-refractivity contribution in [2.24, 2.45) is 0 Å². The van der Waals surface area contributed by atoms with Crippen LogP contribution in [0.15, 0.2) is 30.6 Å². The average molecular weight is 252 g/mol. The molecule has 0 aliphatic rings. The lowest BCUT2D eigenvalue weighted by atomic mass is 10.3. The molecule has 0 bridgehead atoms. The van der Waals surface area contributed by atoms with Crippen LogP contribution in [0.25, 0.3) is 0 Å². The van der Waals surface area contributed by atoms with Gasteiger partial charge in [-0.1, -0.05) is 11.6 Å². The molecule has 0 fully saturated rings. The molecule has 1 atom stereocenters. The lowest BCUT2D eigenvalue weighted by Gasteiger charge is -2.15. The maximum atomic E-state index is 5.83. The second-order valence-electron chi connectivity index (χ2n) is 3.88. The van der Waals surface area contributed by atoms with Gasteiger partial charge in [0.05, 0.1) is 6.54 Å². The molecular weight excluding hydrogens is 238 g/mol. The van der Waals surface area contributed by atoms with Gasteiger partial charge in [0.15, 0.2) is 0 Å². The van der Waals surface area contributed by atoms with Crippen molar-refractivity contribution in [3.63, 3.8) is 0 Å². The van der Waals surface area contributed by atoms with Gasteiger partial charge in [-0.25, -0.2) is 4.98 Å². The number of hydrogen-bond acceptors (Lipinski definition) is 4. The molecule has 0 radical (unpaired) electrons. The van der Waals surface area contributed by atoms with E-state index in [0.29, 0.717) is 16.7 Å². The highest BCUT2D eigenvalue weighted by atomic mass is 35.5. The molecule has 2 rings (SSSR count). The van der Waals surface area contributed by atoms with Crippen molar-refractivity contribution < 1.29 is 0 Å². The number of aromatic nitrogens is 3. The zero-order valence-corrected chi connectivity index (χ0v) is 10.2. The SMILES string of the molecule is CC(Cn1cccn1)Nc1cc(N)cc(Cl)n1. The number of nitrogens with two attached hydrogens (primary N) is 1. The molecule has 5 nitrogen and oxygen atoms in total. The molecule has 0 aliphatic heterocycles. The van der Waals surface area contributed by atoms with Crippen molar-refractivity contribution >= 4 is 23.1 Å². The third-order valence-electron chi connectivity index (χ3n) is 2.23. The van der Waals surface area contributed by atoms with Gasteiger partial charge in [0.2, 0.25) is 0 Å². The normalized spacial score (nSPS) is 12.4. The Morgan fingerprint density at radius 3 is 3.00 bits per heavy atom. The van der Waals surface area contributed by atoms with Crippen molar-refractivity contribution in [2.45, 2.75) is 19.5 Å². The molecule has 0 saturated carbocycles. The van der Waals surface area contributed by atoms with Crippen LogP contribution in [-0.2, 0) is 6.54 Å². The van der Waals surface area contributed by atoms with Crippen molar-refractivity contribution in [3.8, 4) is 0 Å². The van der Waals surface area contributed by atoms with E-state index in [1.54, 1.807) is 18.3 Å². The van der Waals surface area contributed by atoms with E-state index < -0.39 is 0 Å². The van der Waals surface area contributed by atoms with Crippen LogP contribution in [0, 0.1) is 0 Å². The first-order valence-corrected chi connectivity index (χ1v) is 5.68. The molecule has 1 unspecified atom stereocenters. The Morgan fingerprint density at radius 2 is 2.35 bits per heavy atom. The first-order valence-electron chi connectivity index (χ1n) is 5.30. The molecule has 2 aromatic heterocycles. The van der Waals surface area contributed by atoms with E-state index in [1.165, 1.54) is 0 Å². The maximum absolute atomic E-state index is 5.83. The molecule has 0 aliphatic carbocycles. The molecule has 0 spiro atoms. The number of nitrogens with zero attached hydrogens (tertiary/aromatic N) is 3. The summed E-state index contributed by atoms with van der Waals surface area (Å²) in [5, 5.41) is 7.75. The minimum Gasteiger partial charge on any atom is -0.399 e. The van der Waals surface area contributed by atoms with E-state index in [1.807, 2.05) is 23.9 Å². The first-order chi connectivity index (χ1) is 8.13. The Bertz CT molecular complexity index is 462. The van der Waals surface area contributed by atoms with Crippen molar-refractivity contribution in [3.05, 3.63) is 35.7 Å². The number of halogens is 1. The van der Waals surface area contributed by atoms with Gasteiger partial charge >= 0.3 is 0 Å². The van der Waals surface area contributed by atoms with E-state index in [4.69, 9.17) is 17.3 Å². The Morgan fingerprint density at radius 1 is 1.53 bits per heavy atom. The van der Waals surface area contributed by atoms with Gasteiger partial charge in [-0.2, -0.15) is 5.10 Å². The molecule has 0 saturated heterocycles. The fourth-order valence-corrected chi connectivity index (χ4v) is 1.79. The summed E-state index contributed by atoms with van der Waals surface area (Å²) in [6.07, 6.45) is 3.67. The minimum absolute atomic E-state index is 0.181. The molecule has 6 heteroatoms. The van der Waals surface area contributed by atoms with Gasteiger partial charge in [-0.15, -0.1) is 0 Å². The first kappa shape index (κ1) is 11.7. The minimum atomic E-state index is 0.181. The molecule has 0 aromatic carbocycles. The van der Waals surface area contributed by atoms with Crippen LogP contribution in [0.1, 0.15) is 6.92 Å². The molecule has 90 valence electrons. The summed E-state index contributed by atoms with van der Waals surface area (Å²) >= 11 is 5.83. The molecular formula is C11H14ClN5. The number of rotatable bonds is 4. The van der Waals surface area contributed by atoms with Gasteiger partial charge in [0.25, 0.3) is 0 Å². The number of nitrogen functional groups attached to an aromatic ring is 1. The molecule has 2 heterocycles. The standard InChI is InChI=1S/C11H14ClN5/c1-8(7-17-4-2-3-14-17)15-11-6-9(13)5-10(12)16-11/h2-6,8H,7H2,1H3,(H3,13,15,16). The summed E-state index contributed by atoms with van der Waals surface area (Å²) in [5.74, 6) is 0.676. The summed E-state index contributed by atoms with van der Waals surface area (Å²) < 4.78 is 1.85. The quantitative estimate of drug-likeness (QED) is 0.816. The third-order valence-corrected chi connectivity index (χ3v) is 2.42. The van der Waals surface area contributed by atoms with E-state index in [0.717, 1.165) is 6.54 Å². The highest BCUT2D eigenvalue weighted by molar-refractivity contribution is 6.29. The van der Waals surface area contributed by atoms with Crippen LogP contribution in [0.4, 0.5) is 11.5 Å². The lowest BCUT2D eigenvalue weighted by Crippen LogP contribution is -2.22. The van der Waals surface area contributed by atoms with E-state index in [9.17, 15) is 0 Å².